The third-order valence-corrected chi connectivity index (χ3v) is 2.38. The summed E-state index contributed by atoms with van der Waals surface area (Å²) in [4.78, 5) is 3.99. The standard InChI is InChI=1S/C11H11F2N3O/c1-7-2-3-14-9(4-7)16-10(11(12)13)8(6-17)5-15-16/h2-5,11,17H,6H2,1H3. The van der Waals surface area contributed by atoms with Crippen LogP contribution in [0.2, 0.25) is 0 Å². The minimum Gasteiger partial charge on any atom is -0.392 e. The largest absolute Gasteiger partial charge is 0.392 e. The predicted octanol–water partition coefficient (Wildman–Crippen LogP) is 2.01. The smallest absolute Gasteiger partial charge is 0.280 e. The van der Waals surface area contributed by atoms with Crippen molar-refractivity contribution in [2.24, 2.45) is 0 Å². The molecular weight excluding hydrogens is 228 g/mol. The SMILES string of the molecule is Cc1ccnc(-n2ncc(CO)c2C(F)F)c1. The lowest BCUT2D eigenvalue weighted by molar-refractivity contribution is 0.138. The van der Waals surface area contributed by atoms with Crippen LogP contribution in [-0.4, -0.2) is 19.9 Å². The molecular formula is C11H11F2N3O. The van der Waals surface area contributed by atoms with Gasteiger partial charge in [-0.2, -0.15) is 5.10 Å². The molecule has 0 aliphatic carbocycles. The zero-order valence-electron chi connectivity index (χ0n) is 9.14. The fourth-order valence-electron chi connectivity index (χ4n) is 1.56. The van der Waals surface area contributed by atoms with Gasteiger partial charge in [0, 0.05) is 11.8 Å². The van der Waals surface area contributed by atoms with E-state index in [1.807, 2.05) is 6.92 Å². The predicted molar refractivity (Wildman–Crippen MR) is 57.0 cm³/mol. The van der Waals surface area contributed by atoms with Crippen molar-refractivity contribution >= 4 is 0 Å². The summed E-state index contributed by atoms with van der Waals surface area (Å²) in [5.74, 6) is 0.319. The van der Waals surface area contributed by atoms with Crippen molar-refractivity contribution in [2.75, 3.05) is 0 Å². The Balaban J connectivity index is 2.56. The zero-order valence-corrected chi connectivity index (χ0v) is 9.14. The molecule has 0 amide bonds. The molecule has 0 aliphatic rings. The van der Waals surface area contributed by atoms with Crippen molar-refractivity contribution in [1.29, 1.82) is 0 Å². The maximum absolute atomic E-state index is 12.9. The lowest BCUT2D eigenvalue weighted by Crippen LogP contribution is -2.06. The van der Waals surface area contributed by atoms with E-state index in [1.165, 1.54) is 12.4 Å². The van der Waals surface area contributed by atoms with Crippen LogP contribution in [0.4, 0.5) is 8.78 Å². The normalized spacial score (nSPS) is 11.1. The van der Waals surface area contributed by atoms with Gasteiger partial charge in [0.25, 0.3) is 6.43 Å². The molecule has 0 saturated carbocycles. The Bertz CT molecular complexity index is 525. The number of aryl methyl sites for hydroxylation is 1. The van der Waals surface area contributed by atoms with Crippen LogP contribution in [0, 0.1) is 6.92 Å². The van der Waals surface area contributed by atoms with Gasteiger partial charge in [0.2, 0.25) is 0 Å². The molecule has 2 aromatic heterocycles. The van der Waals surface area contributed by atoms with Gasteiger partial charge < -0.3 is 5.11 Å². The molecule has 0 radical (unpaired) electrons. The lowest BCUT2D eigenvalue weighted by atomic mass is 10.2. The van der Waals surface area contributed by atoms with Gasteiger partial charge in [0.05, 0.1) is 12.8 Å². The number of hydrogen-bond acceptors (Lipinski definition) is 3. The van der Waals surface area contributed by atoms with Gasteiger partial charge in [0.15, 0.2) is 5.82 Å². The summed E-state index contributed by atoms with van der Waals surface area (Å²) >= 11 is 0. The number of hydrogen-bond donors (Lipinski definition) is 1. The quantitative estimate of drug-likeness (QED) is 0.891. The summed E-state index contributed by atoms with van der Waals surface area (Å²) < 4.78 is 26.8. The number of alkyl halides is 2. The molecule has 6 heteroatoms. The number of aromatic nitrogens is 3. The van der Waals surface area contributed by atoms with Gasteiger partial charge in [-0.3, -0.25) is 0 Å². The number of aliphatic hydroxyl groups excluding tert-OH is 1. The molecule has 0 bridgehead atoms. The Morgan fingerprint density at radius 3 is 2.82 bits per heavy atom. The third kappa shape index (κ3) is 2.16. The number of aliphatic hydroxyl groups is 1. The molecule has 0 spiro atoms. The fourth-order valence-corrected chi connectivity index (χ4v) is 1.56. The summed E-state index contributed by atoms with van der Waals surface area (Å²) in [5.41, 5.74) is 0.699. The Morgan fingerprint density at radius 1 is 1.47 bits per heavy atom. The molecule has 2 heterocycles. The minimum atomic E-state index is -2.71. The number of pyridine rings is 1. The minimum absolute atomic E-state index is 0.114. The second kappa shape index (κ2) is 4.58. The molecule has 2 aromatic rings. The van der Waals surface area contributed by atoms with Crippen LogP contribution in [0.25, 0.3) is 5.82 Å². The van der Waals surface area contributed by atoms with Gasteiger partial charge in [-0.15, -0.1) is 0 Å². The average molecular weight is 239 g/mol. The molecule has 0 aliphatic heterocycles. The first kappa shape index (κ1) is 11.7. The third-order valence-electron chi connectivity index (χ3n) is 2.38. The summed E-state index contributed by atoms with van der Waals surface area (Å²) in [6, 6.07) is 3.42. The topological polar surface area (TPSA) is 50.9 Å². The maximum Gasteiger partial charge on any atom is 0.280 e. The Morgan fingerprint density at radius 2 is 2.24 bits per heavy atom. The second-order valence-corrected chi connectivity index (χ2v) is 3.62. The van der Waals surface area contributed by atoms with Crippen molar-refractivity contribution in [3.8, 4) is 5.82 Å². The summed E-state index contributed by atoms with van der Waals surface area (Å²) in [6.45, 7) is 1.37. The maximum atomic E-state index is 12.9. The Labute approximate surface area is 96.5 Å². The summed E-state index contributed by atoms with van der Waals surface area (Å²) in [6.07, 6.45) is 0.0492. The molecule has 0 saturated heterocycles. The fraction of sp³-hybridized carbons (Fsp3) is 0.273. The van der Waals surface area contributed by atoms with Gasteiger partial charge in [-0.1, -0.05) is 0 Å². The Hall–Kier alpha value is -1.82. The van der Waals surface area contributed by atoms with Gasteiger partial charge >= 0.3 is 0 Å². The first-order valence-electron chi connectivity index (χ1n) is 5.02. The first-order chi connectivity index (χ1) is 8.13. The number of rotatable bonds is 3. The molecule has 0 fully saturated rings. The highest BCUT2D eigenvalue weighted by Gasteiger charge is 2.20. The van der Waals surface area contributed by atoms with Crippen LogP contribution in [0.5, 0.6) is 0 Å². The average Bonchev–Trinajstić information content (AvgIpc) is 2.72. The van der Waals surface area contributed by atoms with Crippen molar-refractivity contribution in [2.45, 2.75) is 20.0 Å². The van der Waals surface area contributed by atoms with E-state index in [2.05, 4.69) is 10.1 Å². The van der Waals surface area contributed by atoms with Crippen LogP contribution in [0.15, 0.2) is 24.5 Å². The Kier molecular flexibility index (Phi) is 3.14. The zero-order chi connectivity index (χ0) is 12.4. The van der Waals surface area contributed by atoms with Crippen LogP contribution in [-0.2, 0) is 6.61 Å². The van der Waals surface area contributed by atoms with Crippen molar-refractivity contribution < 1.29 is 13.9 Å². The summed E-state index contributed by atoms with van der Waals surface area (Å²) in [7, 11) is 0. The van der Waals surface area contributed by atoms with Crippen LogP contribution < -0.4 is 0 Å². The highest BCUT2D eigenvalue weighted by atomic mass is 19.3. The molecule has 2 rings (SSSR count). The van der Waals surface area contributed by atoms with E-state index in [0.29, 0.717) is 5.82 Å². The molecule has 0 unspecified atom stereocenters. The summed E-state index contributed by atoms with van der Waals surface area (Å²) in [5, 5.41) is 12.8. The molecule has 0 aromatic carbocycles. The van der Waals surface area contributed by atoms with Gasteiger partial charge in [0.1, 0.15) is 5.69 Å². The van der Waals surface area contributed by atoms with E-state index >= 15 is 0 Å². The van der Waals surface area contributed by atoms with E-state index < -0.39 is 13.0 Å². The monoisotopic (exact) mass is 239 g/mol. The van der Waals surface area contributed by atoms with E-state index in [1.54, 1.807) is 12.1 Å². The van der Waals surface area contributed by atoms with Crippen molar-refractivity contribution in [3.05, 3.63) is 41.3 Å². The van der Waals surface area contributed by atoms with E-state index in [4.69, 9.17) is 5.11 Å². The molecule has 90 valence electrons. The van der Waals surface area contributed by atoms with E-state index in [9.17, 15) is 8.78 Å². The highest BCUT2D eigenvalue weighted by molar-refractivity contribution is 5.31. The van der Waals surface area contributed by atoms with Crippen LogP contribution >= 0.6 is 0 Å². The number of halogens is 2. The van der Waals surface area contributed by atoms with Gasteiger partial charge in [-0.05, 0) is 24.6 Å². The van der Waals surface area contributed by atoms with E-state index in [0.717, 1.165) is 10.2 Å². The first-order valence-corrected chi connectivity index (χ1v) is 5.02. The van der Waals surface area contributed by atoms with Crippen molar-refractivity contribution in [3.63, 3.8) is 0 Å². The van der Waals surface area contributed by atoms with Crippen LogP contribution in [0.3, 0.4) is 0 Å². The van der Waals surface area contributed by atoms with Gasteiger partial charge in [-0.25, -0.2) is 18.4 Å². The van der Waals surface area contributed by atoms with E-state index in [-0.39, 0.29) is 11.3 Å². The number of nitrogens with zero attached hydrogens (tertiary/aromatic N) is 3. The lowest BCUT2D eigenvalue weighted by Gasteiger charge is -2.07. The second-order valence-electron chi connectivity index (χ2n) is 3.62. The molecule has 4 nitrogen and oxygen atoms in total. The molecule has 0 atom stereocenters. The van der Waals surface area contributed by atoms with Crippen LogP contribution in [0.1, 0.15) is 23.2 Å². The van der Waals surface area contributed by atoms with Crippen molar-refractivity contribution in [1.82, 2.24) is 14.8 Å². The molecule has 17 heavy (non-hydrogen) atoms. The highest BCUT2D eigenvalue weighted by Crippen LogP contribution is 2.25. The molecule has 1 N–H and O–H groups in total.